The Bertz CT molecular complexity index is 973. The van der Waals surface area contributed by atoms with E-state index in [0.717, 1.165) is 6.26 Å². The van der Waals surface area contributed by atoms with E-state index in [1.165, 1.54) is 36.4 Å². The average Bonchev–Trinajstić information content (AvgIpc) is 3.00. The maximum atomic E-state index is 13.0. The minimum Gasteiger partial charge on any atom is -0.352 e. The fourth-order valence-corrected chi connectivity index (χ4v) is 3.98. The molecule has 1 saturated heterocycles. The van der Waals surface area contributed by atoms with Gasteiger partial charge < -0.3 is 10.2 Å². The molecular weight excluding hydrogens is 371 g/mol. The highest BCUT2D eigenvalue weighted by atomic mass is 32.2. The second-order valence-electron chi connectivity index (χ2n) is 6.53. The van der Waals surface area contributed by atoms with Crippen LogP contribution in [0.4, 0.5) is 10.1 Å². The molecule has 8 heteroatoms. The number of halogens is 1. The third-order valence-electron chi connectivity index (χ3n) is 4.43. The Morgan fingerprint density at radius 3 is 2.52 bits per heavy atom. The Morgan fingerprint density at radius 1 is 1.19 bits per heavy atom. The number of amides is 2. The van der Waals surface area contributed by atoms with Crippen molar-refractivity contribution in [3.8, 4) is 0 Å². The van der Waals surface area contributed by atoms with Crippen molar-refractivity contribution in [1.82, 2.24) is 5.32 Å². The molecule has 3 rings (SSSR count). The van der Waals surface area contributed by atoms with Crippen LogP contribution >= 0.6 is 0 Å². The van der Waals surface area contributed by atoms with E-state index in [4.69, 9.17) is 0 Å². The van der Waals surface area contributed by atoms with Crippen LogP contribution in [0.1, 0.15) is 16.8 Å². The predicted octanol–water partition coefficient (Wildman–Crippen LogP) is 2.01. The van der Waals surface area contributed by atoms with Crippen molar-refractivity contribution in [3.63, 3.8) is 0 Å². The van der Waals surface area contributed by atoms with Crippen molar-refractivity contribution in [1.29, 1.82) is 0 Å². The molecule has 1 heterocycles. The maximum Gasteiger partial charge on any atom is 0.252 e. The van der Waals surface area contributed by atoms with Gasteiger partial charge in [-0.3, -0.25) is 9.59 Å². The molecule has 2 amide bonds. The summed E-state index contributed by atoms with van der Waals surface area (Å²) in [5.74, 6) is -1.09. The lowest BCUT2D eigenvalue weighted by atomic mass is 10.1. The highest BCUT2D eigenvalue weighted by Gasteiger charge is 2.31. The van der Waals surface area contributed by atoms with Gasteiger partial charge in [-0.1, -0.05) is 12.1 Å². The largest absolute Gasteiger partial charge is 0.352 e. The molecule has 1 fully saturated rings. The first kappa shape index (κ1) is 19.0. The third-order valence-corrected chi connectivity index (χ3v) is 5.58. The summed E-state index contributed by atoms with van der Waals surface area (Å²) in [6.45, 7) is 0.638. The van der Waals surface area contributed by atoms with Gasteiger partial charge in [-0.25, -0.2) is 12.8 Å². The molecule has 0 spiro atoms. The number of hydrogen-bond acceptors (Lipinski definition) is 4. The number of carbonyl (C=O) groups excluding carboxylic acids is 2. The van der Waals surface area contributed by atoms with Crippen LogP contribution in [0, 0.1) is 11.7 Å². The van der Waals surface area contributed by atoms with E-state index in [9.17, 15) is 22.4 Å². The minimum atomic E-state index is -3.53. The lowest BCUT2D eigenvalue weighted by Gasteiger charge is -2.17. The van der Waals surface area contributed by atoms with Crippen molar-refractivity contribution in [2.75, 3.05) is 24.2 Å². The van der Waals surface area contributed by atoms with Gasteiger partial charge in [0.1, 0.15) is 5.82 Å². The highest BCUT2D eigenvalue weighted by Crippen LogP contribution is 2.25. The zero-order chi connectivity index (χ0) is 19.6. The van der Waals surface area contributed by atoms with Gasteiger partial charge in [-0.2, -0.15) is 0 Å². The SMILES string of the molecule is CS(=O)(=O)c1ccccc1C(=O)NCC1CC(=O)N(c2ccc(F)cc2)C1. The van der Waals surface area contributed by atoms with Crippen molar-refractivity contribution in [2.45, 2.75) is 11.3 Å². The molecular formula is C19H19FN2O4S. The van der Waals surface area contributed by atoms with Crippen LogP contribution in [0.15, 0.2) is 53.4 Å². The summed E-state index contributed by atoms with van der Waals surface area (Å²) in [6.07, 6.45) is 1.31. The Labute approximate surface area is 156 Å². The standard InChI is InChI=1S/C19H19FN2O4S/c1-27(25,26)17-5-3-2-4-16(17)19(24)21-11-13-10-18(23)22(12-13)15-8-6-14(20)7-9-15/h2-9,13H,10-12H2,1H3,(H,21,24). The van der Waals surface area contributed by atoms with Crippen LogP contribution < -0.4 is 10.2 Å². The molecule has 2 aromatic rings. The molecule has 0 saturated carbocycles. The number of carbonyl (C=O) groups is 2. The quantitative estimate of drug-likeness (QED) is 0.847. The van der Waals surface area contributed by atoms with Gasteiger partial charge >= 0.3 is 0 Å². The zero-order valence-corrected chi connectivity index (χ0v) is 15.5. The normalized spacial score (nSPS) is 17.2. The number of anilines is 1. The van der Waals surface area contributed by atoms with Crippen LogP contribution in [-0.4, -0.2) is 39.6 Å². The van der Waals surface area contributed by atoms with Gasteiger partial charge in [-0.05, 0) is 36.4 Å². The van der Waals surface area contributed by atoms with E-state index in [0.29, 0.717) is 12.2 Å². The number of hydrogen-bond donors (Lipinski definition) is 1. The number of rotatable bonds is 5. The van der Waals surface area contributed by atoms with Gasteiger partial charge in [0.05, 0.1) is 10.5 Å². The Morgan fingerprint density at radius 2 is 1.85 bits per heavy atom. The van der Waals surface area contributed by atoms with Crippen LogP contribution in [0.2, 0.25) is 0 Å². The van der Waals surface area contributed by atoms with E-state index in [-0.39, 0.29) is 41.1 Å². The van der Waals surface area contributed by atoms with Gasteiger partial charge in [0.2, 0.25) is 5.91 Å². The van der Waals surface area contributed by atoms with Crippen LogP contribution in [0.25, 0.3) is 0 Å². The van der Waals surface area contributed by atoms with Crippen LogP contribution in [0.3, 0.4) is 0 Å². The Kier molecular flexibility index (Phi) is 5.27. The number of nitrogens with one attached hydrogen (secondary N) is 1. The summed E-state index contributed by atoms with van der Waals surface area (Å²) in [5, 5.41) is 2.71. The predicted molar refractivity (Wildman–Crippen MR) is 98.7 cm³/mol. The molecule has 2 aromatic carbocycles. The Balaban J connectivity index is 1.65. The molecule has 1 aliphatic heterocycles. The average molecular weight is 390 g/mol. The molecule has 142 valence electrons. The fourth-order valence-electron chi connectivity index (χ4n) is 3.10. The maximum absolute atomic E-state index is 13.0. The second kappa shape index (κ2) is 7.48. The molecule has 0 radical (unpaired) electrons. The van der Waals surface area contributed by atoms with Gasteiger partial charge in [0.25, 0.3) is 5.91 Å². The van der Waals surface area contributed by atoms with E-state index in [1.54, 1.807) is 17.0 Å². The summed E-state index contributed by atoms with van der Waals surface area (Å²) in [7, 11) is -3.53. The molecule has 0 bridgehead atoms. The molecule has 1 atom stereocenters. The van der Waals surface area contributed by atoms with E-state index in [2.05, 4.69) is 5.32 Å². The van der Waals surface area contributed by atoms with E-state index < -0.39 is 15.7 Å². The van der Waals surface area contributed by atoms with Gasteiger partial charge in [0.15, 0.2) is 9.84 Å². The van der Waals surface area contributed by atoms with Crippen molar-refractivity contribution in [3.05, 3.63) is 59.9 Å². The van der Waals surface area contributed by atoms with Crippen LogP contribution in [0.5, 0.6) is 0 Å². The monoisotopic (exact) mass is 390 g/mol. The summed E-state index contributed by atoms with van der Waals surface area (Å²) >= 11 is 0. The lowest BCUT2D eigenvalue weighted by molar-refractivity contribution is -0.117. The van der Waals surface area contributed by atoms with Crippen molar-refractivity contribution < 1.29 is 22.4 Å². The molecule has 0 aromatic heterocycles. The first-order chi connectivity index (χ1) is 12.8. The van der Waals surface area contributed by atoms with Gasteiger partial charge in [-0.15, -0.1) is 0 Å². The molecule has 6 nitrogen and oxygen atoms in total. The van der Waals surface area contributed by atoms with E-state index in [1.807, 2.05) is 0 Å². The van der Waals surface area contributed by atoms with Crippen molar-refractivity contribution >= 4 is 27.3 Å². The molecule has 1 aliphatic rings. The highest BCUT2D eigenvalue weighted by molar-refractivity contribution is 7.90. The number of sulfone groups is 1. The molecule has 27 heavy (non-hydrogen) atoms. The number of benzene rings is 2. The Hall–Kier alpha value is -2.74. The smallest absolute Gasteiger partial charge is 0.252 e. The molecule has 0 aliphatic carbocycles. The van der Waals surface area contributed by atoms with Gasteiger partial charge in [0, 0.05) is 37.4 Å². The molecule has 1 unspecified atom stereocenters. The third kappa shape index (κ3) is 4.33. The van der Waals surface area contributed by atoms with Crippen molar-refractivity contribution in [2.24, 2.45) is 5.92 Å². The summed E-state index contributed by atoms with van der Waals surface area (Å²) in [4.78, 5) is 26.2. The number of nitrogens with zero attached hydrogens (tertiary/aromatic N) is 1. The lowest BCUT2D eigenvalue weighted by Crippen LogP contribution is -2.32. The fraction of sp³-hybridized carbons (Fsp3) is 0.263. The second-order valence-corrected chi connectivity index (χ2v) is 8.51. The summed E-state index contributed by atoms with van der Waals surface area (Å²) < 4.78 is 36.7. The minimum absolute atomic E-state index is 0.0297. The molecule has 1 N–H and O–H groups in total. The topological polar surface area (TPSA) is 83.5 Å². The zero-order valence-electron chi connectivity index (χ0n) is 14.7. The summed E-state index contributed by atoms with van der Waals surface area (Å²) in [5.41, 5.74) is 0.692. The first-order valence-corrected chi connectivity index (χ1v) is 10.3. The van der Waals surface area contributed by atoms with Crippen LogP contribution in [-0.2, 0) is 14.6 Å². The van der Waals surface area contributed by atoms with E-state index >= 15 is 0 Å². The summed E-state index contributed by atoms with van der Waals surface area (Å²) in [6, 6.07) is 11.7. The first-order valence-electron chi connectivity index (χ1n) is 8.39.